The SMILES string of the molecule is CC(SCc1ccc(Br)cc1)C(=O)NCCc1ccc(F)cc1. The summed E-state index contributed by atoms with van der Waals surface area (Å²) in [7, 11) is 0. The Morgan fingerprint density at radius 1 is 1.13 bits per heavy atom. The van der Waals surface area contributed by atoms with Gasteiger partial charge in [0.1, 0.15) is 5.82 Å². The van der Waals surface area contributed by atoms with Gasteiger partial charge in [-0.05, 0) is 48.7 Å². The molecular weight excluding hydrogens is 377 g/mol. The topological polar surface area (TPSA) is 29.1 Å². The zero-order chi connectivity index (χ0) is 16.7. The number of carbonyl (C=O) groups is 1. The van der Waals surface area contributed by atoms with Crippen LogP contribution in [0.2, 0.25) is 0 Å². The van der Waals surface area contributed by atoms with Gasteiger partial charge in [-0.15, -0.1) is 11.8 Å². The van der Waals surface area contributed by atoms with E-state index in [1.807, 2.05) is 19.1 Å². The minimum Gasteiger partial charge on any atom is -0.355 e. The van der Waals surface area contributed by atoms with Gasteiger partial charge in [0.05, 0.1) is 5.25 Å². The van der Waals surface area contributed by atoms with Gasteiger partial charge in [-0.2, -0.15) is 0 Å². The number of hydrogen-bond donors (Lipinski definition) is 1. The zero-order valence-corrected chi connectivity index (χ0v) is 15.3. The molecule has 23 heavy (non-hydrogen) atoms. The van der Waals surface area contributed by atoms with Gasteiger partial charge >= 0.3 is 0 Å². The second kappa shape index (κ2) is 9.08. The normalized spacial score (nSPS) is 12.0. The highest BCUT2D eigenvalue weighted by atomic mass is 79.9. The maximum Gasteiger partial charge on any atom is 0.232 e. The Kier molecular flexibility index (Phi) is 7.12. The Morgan fingerprint density at radius 2 is 1.74 bits per heavy atom. The number of thioether (sulfide) groups is 1. The van der Waals surface area contributed by atoms with Crippen molar-refractivity contribution in [2.45, 2.75) is 24.3 Å². The van der Waals surface area contributed by atoms with Gasteiger partial charge in [0.2, 0.25) is 5.91 Å². The molecule has 2 aromatic carbocycles. The number of hydrogen-bond acceptors (Lipinski definition) is 2. The number of nitrogens with one attached hydrogen (secondary N) is 1. The molecule has 0 aliphatic rings. The number of halogens is 2. The molecule has 0 aliphatic carbocycles. The van der Waals surface area contributed by atoms with Crippen molar-refractivity contribution in [1.82, 2.24) is 5.32 Å². The van der Waals surface area contributed by atoms with Crippen LogP contribution in [0.1, 0.15) is 18.1 Å². The Bertz CT molecular complexity index is 630. The van der Waals surface area contributed by atoms with E-state index in [1.54, 1.807) is 23.9 Å². The lowest BCUT2D eigenvalue weighted by atomic mass is 10.1. The third-order valence-electron chi connectivity index (χ3n) is 3.41. The van der Waals surface area contributed by atoms with Crippen LogP contribution in [0.15, 0.2) is 53.0 Å². The van der Waals surface area contributed by atoms with Crippen LogP contribution in [0.3, 0.4) is 0 Å². The highest BCUT2D eigenvalue weighted by Crippen LogP contribution is 2.19. The lowest BCUT2D eigenvalue weighted by Crippen LogP contribution is -2.32. The molecule has 0 bridgehead atoms. The Hall–Kier alpha value is -1.33. The lowest BCUT2D eigenvalue weighted by molar-refractivity contribution is -0.120. The molecule has 2 aromatic rings. The summed E-state index contributed by atoms with van der Waals surface area (Å²) in [5.74, 6) is 0.602. The van der Waals surface area contributed by atoms with Gasteiger partial charge in [-0.25, -0.2) is 4.39 Å². The number of benzene rings is 2. The van der Waals surface area contributed by atoms with E-state index in [4.69, 9.17) is 0 Å². The van der Waals surface area contributed by atoms with Crippen LogP contribution in [0.4, 0.5) is 4.39 Å². The molecule has 122 valence electrons. The number of amides is 1. The highest BCUT2D eigenvalue weighted by molar-refractivity contribution is 9.10. The van der Waals surface area contributed by atoms with Crippen molar-refractivity contribution in [1.29, 1.82) is 0 Å². The first-order valence-electron chi connectivity index (χ1n) is 7.43. The quantitative estimate of drug-likeness (QED) is 0.743. The highest BCUT2D eigenvalue weighted by Gasteiger charge is 2.12. The standard InChI is InChI=1S/C18H19BrFNOS/c1-13(23-12-15-2-6-16(19)7-3-15)18(22)21-11-10-14-4-8-17(20)9-5-14/h2-9,13H,10-12H2,1H3,(H,21,22). The van der Waals surface area contributed by atoms with Crippen LogP contribution in [0.5, 0.6) is 0 Å². The van der Waals surface area contributed by atoms with Gasteiger partial charge in [0.25, 0.3) is 0 Å². The second-order valence-electron chi connectivity index (χ2n) is 5.25. The molecule has 1 atom stereocenters. The Balaban J connectivity index is 1.70. The zero-order valence-electron chi connectivity index (χ0n) is 12.9. The van der Waals surface area contributed by atoms with E-state index in [9.17, 15) is 9.18 Å². The van der Waals surface area contributed by atoms with Crippen LogP contribution in [-0.4, -0.2) is 17.7 Å². The van der Waals surface area contributed by atoms with Crippen LogP contribution < -0.4 is 5.32 Å². The lowest BCUT2D eigenvalue weighted by Gasteiger charge is -2.12. The van der Waals surface area contributed by atoms with Crippen LogP contribution in [-0.2, 0) is 17.0 Å². The predicted octanol–water partition coefficient (Wildman–Crippen LogP) is 4.57. The molecule has 1 unspecified atom stereocenters. The van der Waals surface area contributed by atoms with Gasteiger partial charge < -0.3 is 5.32 Å². The van der Waals surface area contributed by atoms with Gasteiger partial charge in [0, 0.05) is 16.8 Å². The molecule has 1 amide bonds. The van der Waals surface area contributed by atoms with Crippen molar-refractivity contribution >= 4 is 33.6 Å². The smallest absolute Gasteiger partial charge is 0.232 e. The molecule has 0 fully saturated rings. The summed E-state index contributed by atoms with van der Waals surface area (Å²) < 4.78 is 13.9. The maximum atomic E-state index is 12.8. The van der Waals surface area contributed by atoms with E-state index in [0.717, 1.165) is 15.8 Å². The summed E-state index contributed by atoms with van der Waals surface area (Å²) in [5, 5.41) is 2.83. The summed E-state index contributed by atoms with van der Waals surface area (Å²) >= 11 is 5.02. The first kappa shape index (κ1) is 18.0. The van der Waals surface area contributed by atoms with Gasteiger partial charge in [-0.3, -0.25) is 4.79 Å². The van der Waals surface area contributed by atoms with Crippen molar-refractivity contribution in [3.05, 3.63) is 69.9 Å². The molecule has 0 radical (unpaired) electrons. The molecule has 2 rings (SSSR count). The summed E-state index contributed by atoms with van der Waals surface area (Å²) in [4.78, 5) is 12.1. The van der Waals surface area contributed by atoms with Crippen molar-refractivity contribution in [2.24, 2.45) is 0 Å². The van der Waals surface area contributed by atoms with E-state index >= 15 is 0 Å². The molecule has 0 heterocycles. The third kappa shape index (κ3) is 6.36. The third-order valence-corrected chi connectivity index (χ3v) is 5.15. The predicted molar refractivity (Wildman–Crippen MR) is 98.0 cm³/mol. The fourth-order valence-corrected chi connectivity index (χ4v) is 3.14. The average molecular weight is 396 g/mol. The molecule has 5 heteroatoms. The summed E-state index contributed by atoms with van der Waals surface area (Å²) in [5.41, 5.74) is 2.21. The van der Waals surface area contributed by atoms with Gasteiger partial charge in [-0.1, -0.05) is 40.2 Å². The minimum atomic E-state index is -0.240. The van der Waals surface area contributed by atoms with E-state index in [1.165, 1.54) is 17.7 Å². The van der Waals surface area contributed by atoms with E-state index in [2.05, 4.69) is 33.4 Å². The fraction of sp³-hybridized carbons (Fsp3) is 0.278. The summed E-state index contributed by atoms with van der Waals surface area (Å²) in [6, 6.07) is 14.5. The number of rotatable bonds is 7. The molecule has 0 spiro atoms. The first-order valence-corrected chi connectivity index (χ1v) is 9.27. The second-order valence-corrected chi connectivity index (χ2v) is 7.49. The van der Waals surface area contributed by atoms with Crippen LogP contribution >= 0.6 is 27.7 Å². The maximum absolute atomic E-state index is 12.8. The molecule has 0 saturated heterocycles. The van der Waals surface area contributed by atoms with Crippen LogP contribution in [0.25, 0.3) is 0 Å². The molecule has 0 aliphatic heterocycles. The largest absolute Gasteiger partial charge is 0.355 e. The van der Waals surface area contributed by atoms with Crippen molar-refractivity contribution in [3.63, 3.8) is 0 Å². The molecule has 1 N–H and O–H groups in total. The summed E-state index contributed by atoms with van der Waals surface area (Å²) in [6.07, 6.45) is 0.704. The van der Waals surface area contributed by atoms with E-state index in [0.29, 0.717) is 13.0 Å². The first-order chi connectivity index (χ1) is 11.0. The van der Waals surface area contributed by atoms with E-state index < -0.39 is 0 Å². The molecular formula is C18H19BrFNOS. The summed E-state index contributed by atoms with van der Waals surface area (Å²) in [6.45, 7) is 2.48. The number of carbonyl (C=O) groups excluding carboxylic acids is 1. The monoisotopic (exact) mass is 395 g/mol. The van der Waals surface area contributed by atoms with Crippen LogP contribution in [0, 0.1) is 5.82 Å². The molecule has 2 nitrogen and oxygen atoms in total. The Labute approximate surface area is 149 Å². The Morgan fingerprint density at radius 3 is 2.39 bits per heavy atom. The van der Waals surface area contributed by atoms with Crippen molar-refractivity contribution in [2.75, 3.05) is 6.54 Å². The minimum absolute atomic E-state index is 0.0363. The average Bonchev–Trinajstić information content (AvgIpc) is 2.55. The van der Waals surface area contributed by atoms with E-state index in [-0.39, 0.29) is 17.0 Å². The fourth-order valence-electron chi connectivity index (χ4n) is 2.00. The molecule has 0 aromatic heterocycles. The van der Waals surface area contributed by atoms with Gasteiger partial charge in [0.15, 0.2) is 0 Å². The van der Waals surface area contributed by atoms with Crippen molar-refractivity contribution < 1.29 is 9.18 Å². The van der Waals surface area contributed by atoms with Crippen molar-refractivity contribution in [3.8, 4) is 0 Å². The molecule has 0 saturated carbocycles.